The number of fused-ring (bicyclic) bond motifs is 1. The summed E-state index contributed by atoms with van der Waals surface area (Å²) in [5.74, 6) is 0.0383. The summed E-state index contributed by atoms with van der Waals surface area (Å²) < 4.78 is 0. The molecule has 1 unspecified atom stereocenters. The largest absolute Gasteiger partial charge is 0.399 e. The zero-order valence-corrected chi connectivity index (χ0v) is 11.9. The number of rotatable bonds is 3. The Hall–Kier alpha value is -1.55. The second kappa shape index (κ2) is 5.21. The molecule has 4 nitrogen and oxygen atoms in total. The van der Waals surface area contributed by atoms with Gasteiger partial charge < -0.3 is 16.4 Å². The summed E-state index contributed by atoms with van der Waals surface area (Å²) in [6.07, 6.45) is 2.06. The van der Waals surface area contributed by atoms with Gasteiger partial charge in [0, 0.05) is 17.3 Å². The van der Waals surface area contributed by atoms with E-state index in [9.17, 15) is 4.79 Å². The molecular weight excluding hydrogens is 238 g/mol. The Morgan fingerprint density at radius 2 is 2.16 bits per heavy atom. The standard InChI is InChI=1S/C15H23N3O/c1-15(2,3)18-14(19)9-17-13-7-4-10-8-11(16)5-6-12(10)13/h5-6,8,13,17H,4,7,9,16H2,1-3H3,(H,18,19). The van der Waals surface area contributed by atoms with E-state index in [-0.39, 0.29) is 17.5 Å². The number of hydrogen-bond acceptors (Lipinski definition) is 3. The second-order valence-corrected chi connectivity index (χ2v) is 6.23. The first-order valence-corrected chi connectivity index (χ1v) is 6.78. The van der Waals surface area contributed by atoms with Crippen LogP contribution in [0.2, 0.25) is 0 Å². The van der Waals surface area contributed by atoms with Crippen LogP contribution in [0.15, 0.2) is 18.2 Å². The second-order valence-electron chi connectivity index (χ2n) is 6.23. The number of carbonyl (C=O) groups excluding carboxylic acids is 1. The number of nitrogen functional groups attached to an aromatic ring is 1. The Balaban J connectivity index is 1.91. The molecule has 1 atom stereocenters. The minimum Gasteiger partial charge on any atom is -0.399 e. The average Bonchev–Trinajstić information content (AvgIpc) is 2.66. The first kappa shape index (κ1) is 13.9. The topological polar surface area (TPSA) is 67.2 Å². The molecule has 1 aliphatic rings. The van der Waals surface area contributed by atoms with Gasteiger partial charge in [0.05, 0.1) is 6.54 Å². The van der Waals surface area contributed by atoms with Crippen LogP contribution in [-0.2, 0) is 11.2 Å². The highest BCUT2D eigenvalue weighted by Gasteiger charge is 2.23. The highest BCUT2D eigenvalue weighted by atomic mass is 16.2. The Kier molecular flexibility index (Phi) is 3.80. The highest BCUT2D eigenvalue weighted by molar-refractivity contribution is 5.78. The molecule has 0 saturated carbocycles. The third-order valence-corrected chi connectivity index (χ3v) is 3.27. The van der Waals surface area contributed by atoms with E-state index < -0.39 is 0 Å². The van der Waals surface area contributed by atoms with Crippen LogP contribution in [-0.4, -0.2) is 18.0 Å². The molecule has 1 aromatic carbocycles. The number of nitrogens with two attached hydrogens (primary N) is 1. The van der Waals surface area contributed by atoms with Gasteiger partial charge in [0.2, 0.25) is 5.91 Å². The van der Waals surface area contributed by atoms with Crippen LogP contribution in [0.4, 0.5) is 5.69 Å². The van der Waals surface area contributed by atoms with Crippen LogP contribution in [0.3, 0.4) is 0 Å². The summed E-state index contributed by atoms with van der Waals surface area (Å²) in [7, 11) is 0. The van der Waals surface area contributed by atoms with Gasteiger partial charge >= 0.3 is 0 Å². The van der Waals surface area contributed by atoms with Crippen molar-refractivity contribution < 1.29 is 4.79 Å². The summed E-state index contributed by atoms with van der Waals surface area (Å²) in [6, 6.07) is 6.29. The van der Waals surface area contributed by atoms with Crippen LogP contribution in [0.25, 0.3) is 0 Å². The molecule has 1 aromatic rings. The van der Waals surface area contributed by atoms with Crippen LogP contribution >= 0.6 is 0 Å². The lowest BCUT2D eigenvalue weighted by atomic mass is 10.1. The number of benzene rings is 1. The van der Waals surface area contributed by atoms with Crippen LogP contribution < -0.4 is 16.4 Å². The van der Waals surface area contributed by atoms with Gasteiger partial charge in [0.15, 0.2) is 0 Å². The minimum atomic E-state index is -0.180. The Morgan fingerprint density at radius 3 is 2.84 bits per heavy atom. The van der Waals surface area contributed by atoms with Crippen molar-refractivity contribution in [2.24, 2.45) is 0 Å². The summed E-state index contributed by atoms with van der Waals surface area (Å²) in [5.41, 5.74) is 8.99. The molecule has 19 heavy (non-hydrogen) atoms. The van der Waals surface area contributed by atoms with E-state index in [1.165, 1.54) is 11.1 Å². The molecule has 1 amide bonds. The first-order valence-electron chi connectivity index (χ1n) is 6.78. The maximum absolute atomic E-state index is 11.8. The SMILES string of the molecule is CC(C)(C)NC(=O)CNC1CCc2cc(N)ccc21. The maximum Gasteiger partial charge on any atom is 0.234 e. The molecule has 4 heteroatoms. The molecule has 0 saturated heterocycles. The molecule has 4 N–H and O–H groups in total. The Bertz CT molecular complexity index is 477. The maximum atomic E-state index is 11.8. The zero-order valence-electron chi connectivity index (χ0n) is 11.9. The van der Waals surface area contributed by atoms with E-state index in [0.29, 0.717) is 6.54 Å². The minimum absolute atomic E-state index is 0.0383. The molecule has 0 fully saturated rings. The fourth-order valence-electron chi connectivity index (χ4n) is 2.53. The lowest BCUT2D eigenvalue weighted by Gasteiger charge is -2.21. The summed E-state index contributed by atoms with van der Waals surface area (Å²) in [4.78, 5) is 11.8. The molecule has 104 valence electrons. The third kappa shape index (κ3) is 3.70. The van der Waals surface area contributed by atoms with Crippen molar-refractivity contribution in [3.63, 3.8) is 0 Å². The molecular formula is C15H23N3O. The smallest absolute Gasteiger partial charge is 0.234 e. The quantitative estimate of drug-likeness (QED) is 0.726. The van der Waals surface area contributed by atoms with Gasteiger partial charge in [0.25, 0.3) is 0 Å². The van der Waals surface area contributed by atoms with Crippen molar-refractivity contribution in [1.29, 1.82) is 0 Å². The van der Waals surface area contributed by atoms with Gasteiger partial charge in [0.1, 0.15) is 0 Å². The summed E-state index contributed by atoms with van der Waals surface area (Å²) >= 11 is 0. The number of anilines is 1. The fourth-order valence-corrected chi connectivity index (χ4v) is 2.53. The predicted octanol–water partition coefficient (Wildman–Crippen LogP) is 1.76. The van der Waals surface area contributed by atoms with Crippen molar-refractivity contribution >= 4 is 11.6 Å². The van der Waals surface area contributed by atoms with Crippen LogP contribution in [0.1, 0.15) is 44.4 Å². The molecule has 0 heterocycles. The summed E-state index contributed by atoms with van der Waals surface area (Å²) in [6.45, 7) is 6.31. The Morgan fingerprint density at radius 1 is 1.42 bits per heavy atom. The highest BCUT2D eigenvalue weighted by Crippen LogP contribution is 2.32. The predicted molar refractivity (Wildman–Crippen MR) is 77.8 cm³/mol. The van der Waals surface area contributed by atoms with Gasteiger partial charge in [-0.15, -0.1) is 0 Å². The molecule has 0 aliphatic heterocycles. The van der Waals surface area contributed by atoms with E-state index in [2.05, 4.69) is 16.7 Å². The van der Waals surface area contributed by atoms with Crippen LogP contribution in [0.5, 0.6) is 0 Å². The first-order chi connectivity index (χ1) is 8.85. The fraction of sp³-hybridized carbons (Fsp3) is 0.533. The van der Waals surface area contributed by atoms with Crippen LogP contribution in [0, 0.1) is 0 Å². The number of amides is 1. The zero-order chi connectivity index (χ0) is 14.0. The monoisotopic (exact) mass is 261 g/mol. The molecule has 1 aliphatic carbocycles. The summed E-state index contributed by atoms with van der Waals surface area (Å²) in [5, 5.41) is 6.28. The van der Waals surface area contributed by atoms with Crippen molar-refractivity contribution in [2.45, 2.75) is 45.2 Å². The normalized spacial score (nSPS) is 18.2. The molecule has 0 radical (unpaired) electrons. The van der Waals surface area contributed by atoms with Crippen molar-refractivity contribution in [3.05, 3.63) is 29.3 Å². The van der Waals surface area contributed by atoms with Gasteiger partial charge in [-0.25, -0.2) is 0 Å². The van der Waals surface area contributed by atoms with Crippen molar-refractivity contribution in [2.75, 3.05) is 12.3 Å². The van der Waals surface area contributed by atoms with Gasteiger partial charge in [-0.1, -0.05) is 6.07 Å². The Labute approximate surface area is 114 Å². The molecule has 0 bridgehead atoms. The number of aryl methyl sites for hydroxylation is 1. The van der Waals surface area contributed by atoms with Gasteiger partial charge in [-0.05, 0) is 56.9 Å². The van der Waals surface area contributed by atoms with E-state index in [1.807, 2.05) is 32.9 Å². The van der Waals surface area contributed by atoms with Crippen molar-refractivity contribution in [1.82, 2.24) is 10.6 Å². The lowest BCUT2D eigenvalue weighted by Crippen LogP contribution is -2.45. The van der Waals surface area contributed by atoms with Gasteiger partial charge in [-0.3, -0.25) is 4.79 Å². The van der Waals surface area contributed by atoms with E-state index in [0.717, 1.165) is 18.5 Å². The average molecular weight is 261 g/mol. The number of nitrogens with one attached hydrogen (secondary N) is 2. The van der Waals surface area contributed by atoms with E-state index in [4.69, 9.17) is 5.73 Å². The molecule has 2 rings (SSSR count). The molecule has 0 aromatic heterocycles. The molecule has 0 spiro atoms. The third-order valence-electron chi connectivity index (χ3n) is 3.27. The van der Waals surface area contributed by atoms with Gasteiger partial charge in [-0.2, -0.15) is 0 Å². The number of hydrogen-bond donors (Lipinski definition) is 3. The lowest BCUT2D eigenvalue weighted by molar-refractivity contribution is -0.121. The number of carbonyl (C=O) groups is 1. The van der Waals surface area contributed by atoms with E-state index >= 15 is 0 Å². The van der Waals surface area contributed by atoms with Crippen molar-refractivity contribution in [3.8, 4) is 0 Å². The van der Waals surface area contributed by atoms with E-state index in [1.54, 1.807) is 0 Å².